The van der Waals surface area contributed by atoms with Crippen molar-refractivity contribution < 1.29 is 23.6 Å². The second-order valence-corrected chi connectivity index (χ2v) is 16.7. The molecule has 1 atom stereocenters. The number of likely N-dealkylation sites (N-methyl/N-ethyl adjacent to an activating group) is 1. The van der Waals surface area contributed by atoms with Crippen molar-refractivity contribution in [1.29, 1.82) is 0 Å². The van der Waals surface area contributed by atoms with Crippen molar-refractivity contribution in [3.8, 4) is 5.75 Å². The van der Waals surface area contributed by atoms with Gasteiger partial charge >= 0.3 is 0 Å². The molecule has 0 saturated heterocycles. The first kappa shape index (κ1) is 45.8. The van der Waals surface area contributed by atoms with Gasteiger partial charge in [-0.25, -0.2) is 0 Å². The highest BCUT2D eigenvalue weighted by atomic mass is 79.9. The minimum Gasteiger partial charge on any atom is -0.487 e. The molecule has 0 bridgehead atoms. The maximum absolute atomic E-state index is 14.7. The van der Waals surface area contributed by atoms with Crippen LogP contribution >= 0.6 is 31.9 Å². The lowest BCUT2D eigenvalue weighted by atomic mass is 9.85. The smallest absolute Gasteiger partial charge is 0.258 e. The van der Waals surface area contributed by atoms with Gasteiger partial charge in [0.25, 0.3) is 5.91 Å². The van der Waals surface area contributed by atoms with Crippen molar-refractivity contribution in [2.45, 2.75) is 167 Å². The van der Waals surface area contributed by atoms with Crippen LogP contribution in [0.25, 0.3) is 0 Å². The van der Waals surface area contributed by atoms with Gasteiger partial charge < -0.3 is 14.1 Å². The van der Waals surface area contributed by atoms with E-state index < -0.39 is 5.54 Å². The summed E-state index contributed by atoms with van der Waals surface area (Å²) < 4.78 is 6.59. The minimum atomic E-state index is -1.12. The number of hydrogen-bond acceptors (Lipinski definition) is 4. The van der Waals surface area contributed by atoms with E-state index in [0.717, 1.165) is 49.6 Å². The Bertz CT molecular complexity index is 1040. The molecule has 0 N–H and O–H groups in total. The van der Waals surface area contributed by atoms with Crippen LogP contribution in [0.3, 0.4) is 0 Å². The number of carbonyl (C=O) groups is 3. The van der Waals surface area contributed by atoms with E-state index in [1.54, 1.807) is 4.90 Å². The third-order valence-corrected chi connectivity index (χ3v) is 10.8. The molecule has 0 aliphatic carbocycles. The fraction of sp³-hybridized carbons (Fsp3) is 0.780. The average Bonchev–Trinajstić information content (AvgIpc) is 3.05. The summed E-state index contributed by atoms with van der Waals surface area (Å²) in [5, 5.41) is 0. The van der Waals surface area contributed by atoms with E-state index in [2.05, 4.69) is 66.9 Å². The topological polar surface area (TPSA) is 63.7 Å². The van der Waals surface area contributed by atoms with Crippen LogP contribution in [0.5, 0.6) is 5.75 Å². The summed E-state index contributed by atoms with van der Waals surface area (Å²) in [6.45, 7) is 6.23. The van der Waals surface area contributed by atoms with Crippen LogP contribution in [-0.2, 0) is 9.59 Å². The van der Waals surface area contributed by atoms with E-state index >= 15 is 0 Å². The predicted molar refractivity (Wildman–Crippen MR) is 214 cm³/mol. The molecule has 1 rings (SSSR count). The Hall–Kier alpha value is -1.25. The Morgan fingerprint density at radius 3 is 1.61 bits per heavy atom. The third-order valence-electron chi connectivity index (χ3n) is 9.68. The highest BCUT2D eigenvalue weighted by Crippen LogP contribution is 2.36. The molecule has 6 nitrogen and oxygen atoms in total. The van der Waals surface area contributed by atoms with Gasteiger partial charge in [0.05, 0.1) is 26.7 Å². The van der Waals surface area contributed by atoms with Gasteiger partial charge in [0.15, 0.2) is 4.69 Å². The molecular formula is C41H71Br2N2O4+. The molecular weight excluding hydrogens is 744 g/mol. The highest BCUT2D eigenvalue weighted by molar-refractivity contribution is 9.18. The minimum absolute atomic E-state index is 0.149. The Kier molecular flexibility index (Phi) is 25.6. The molecule has 49 heavy (non-hydrogen) atoms. The Balaban J connectivity index is 3.17. The number of nitrogens with zero attached hydrogens (tertiary/aromatic N) is 2. The molecule has 0 heterocycles. The Labute approximate surface area is 317 Å². The van der Waals surface area contributed by atoms with Crippen molar-refractivity contribution >= 4 is 47.2 Å². The maximum atomic E-state index is 14.7. The van der Waals surface area contributed by atoms with Gasteiger partial charge in [-0.05, 0) is 63.3 Å². The number of ether oxygens (including phenoxy) is 1. The quantitative estimate of drug-likeness (QED) is 0.0413. The molecule has 1 aromatic rings. The van der Waals surface area contributed by atoms with Gasteiger partial charge in [-0.2, -0.15) is 0 Å². The summed E-state index contributed by atoms with van der Waals surface area (Å²) in [6, 6.07) is 7.42. The number of halogens is 2. The van der Waals surface area contributed by atoms with Crippen LogP contribution < -0.4 is 4.74 Å². The molecule has 282 valence electrons. The molecule has 0 aliphatic rings. The predicted octanol–water partition coefficient (Wildman–Crippen LogP) is 11.8. The molecule has 0 aromatic heterocycles. The molecule has 1 amide bonds. The van der Waals surface area contributed by atoms with Crippen LogP contribution in [0.15, 0.2) is 24.3 Å². The summed E-state index contributed by atoms with van der Waals surface area (Å²) >= 11 is 6.49. The fourth-order valence-corrected chi connectivity index (χ4v) is 7.33. The van der Waals surface area contributed by atoms with E-state index in [4.69, 9.17) is 4.74 Å². The van der Waals surface area contributed by atoms with E-state index in [1.165, 1.54) is 89.9 Å². The van der Waals surface area contributed by atoms with Crippen LogP contribution in [-0.4, -0.2) is 71.1 Å². The summed E-state index contributed by atoms with van der Waals surface area (Å²) in [5.41, 5.74) is -0.641. The zero-order chi connectivity index (χ0) is 36.4. The number of rotatable bonds is 32. The summed E-state index contributed by atoms with van der Waals surface area (Å²) in [7, 11) is 6.34. The average molecular weight is 816 g/mol. The molecule has 0 fully saturated rings. The van der Waals surface area contributed by atoms with Crippen molar-refractivity contribution in [3.63, 3.8) is 0 Å². The molecule has 0 spiro atoms. The van der Waals surface area contributed by atoms with Gasteiger partial charge in [-0.3, -0.25) is 14.4 Å². The van der Waals surface area contributed by atoms with Crippen LogP contribution in [0.4, 0.5) is 0 Å². The first-order chi connectivity index (χ1) is 23.5. The Morgan fingerprint density at radius 2 is 1.14 bits per heavy atom. The van der Waals surface area contributed by atoms with E-state index in [-0.39, 0.29) is 28.1 Å². The van der Waals surface area contributed by atoms with Crippen molar-refractivity contribution in [2.24, 2.45) is 0 Å². The van der Waals surface area contributed by atoms with Gasteiger partial charge in [0, 0.05) is 13.0 Å². The van der Waals surface area contributed by atoms with Crippen molar-refractivity contribution in [3.05, 3.63) is 29.8 Å². The van der Waals surface area contributed by atoms with Crippen molar-refractivity contribution in [1.82, 2.24) is 4.90 Å². The maximum Gasteiger partial charge on any atom is 0.258 e. The standard InChI is InChI=1S/C41H71Br2N2O4/c1-6-8-10-12-14-16-18-20-22-26-31-41(40(43)48,32-30-38(42)46)44(33-27-23-21-19-17-15-13-11-9-7-2)39(47)36-28-24-25-29-37(36)49-35-34-45(3,4)5/h24-25,28-29H,6-23,26-27,30-35H2,1-5H3/q+1/t41-/m0/s1. The van der Waals surface area contributed by atoms with Crippen LogP contribution in [0, 0.1) is 0 Å². The number of benzene rings is 1. The van der Waals surface area contributed by atoms with E-state index in [1.807, 2.05) is 24.3 Å². The SMILES string of the molecule is CCCCCCCCCCCCN(C(=O)c1ccccc1OCC[N+](C)(C)C)[C@@](CCCCCCCCCCCC)(CCC(=O)Br)C(=O)Br. The number of para-hydroxylation sites is 1. The largest absolute Gasteiger partial charge is 0.487 e. The molecule has 0 radical (unpaired) electrons. The number of unbranched alkanes of at least 4 members (excludes halogenated alkanes) is 18. The number of hydrogen-bond donors (Lipinski definition) is 0. The van der Waals surface area contributed by atoms with Crippen LogP contribution in [0.1, 0.15) is 172 Å². The Morgan fingerprint density at radius 1 is 0.673 bits per heavy atom. The first-order valence-corrected chi connectivity index (χ1v) is 21.3. The fourth-order valence-electron chi connectivity index (χ4n) is 6.52. The molecule has 1 aromatic carbocycles. The lowest BCUT2D eigenvalue weighted by Crippen LogP contribution is -2.56. The molecule has 0 saturated carbocycles. The molecule has 8 heteroatoms. The zero-order valence-corrected chi connectivity index (χ0v) is 35.1. The second kappa shape index (κ2) is 27.4. The van der Waals surface area contributed by atoms with Crippen LogP contribution in [0.2, 0.25) is 0 Å². The number of carbonyl (C=O) groups excluding carboxylic acids is 3. The first-order valence-electron chi connectivity index (χ1n) is 19.7. The van der Waals surface area contributed by atoms with Gasteiger partial charge in [-0.1, -0.05) is 148 Å². The van der Waals surface area contributed by atoms with E-state index in [0.29, 0.717) is 30.9 Å². The van der Waals surface area contributed by atoms with Gasteiger partial charge in [0.2, 0.25) is 4.69 Å². The molecule has 0 unspecified atom stereocenters. The zero-order valence-electron chi connectivity index (χ0n) is 32.0. The highest BCUT2D eigenvalue weighted by Gasteiger charge is 2.45. The number of amides is 1. The number of quaternary nitrogens is 1. The summed E-state index contributed by atoms with van der Waals surface area (Å²) in [6.07, 6.45) is 24.8. The normalized spacial score (nSPS) is 12.9. The van der Waals surface area contributed by atoms with Gasteiger partial charge in [-0.15, -0.1) is 0 Å². The monoisotopic (exact) mass is 813 g/mol. The van der Waals surface area contributed by atoms with E-state index in [9.17, 15) is 14.4 Å². The lowest BCUT2D eigenvalue weighted by Gasteiger charge is -2.42. The van der Waals surface area contributed by atoms with Gasteiger partial charge in [0.1, 0.15) is 24.4 Å². The summed E-state index contributed by atoms with van der Waals surface area (Å²) in [4.78, 5) is 42.5. The third kappa shape index (κ3) is 20.4. The lowest BCUT2D eigenvalue weighted by molar-refractivity contribution is -0.870. The second-order valence-electron chi connectivity index (χ2n) is 15.1. The molecule has 0 aliphatic heterocycles. The van der Waals surface area contributed by atoms with Crippen molar-refractivity contribution in [2.75, 3.05) is 40.8 Å². The summed E-state index contributed by atoms with van der Waals surface area (Å²) in [5.74, 6) is 0.346.